The third-order valence-electron chi connectivity index (χ3n) is 9.15. The zero-order chi connectivity index (χ0) is 29.8. The van der Waals surface area contributed by atoms with Crippen LogP contribution in [0.4, 0.5) is 0 Å². The molecule has 1 heterocycles. The van der Waals surface area contributed by atoms with E-state index in [4.69, 9.17) is 0 Å². The average molecular weight is 564 g/mol. The third-order valence-corrected chi connectivity index (χ3v) is 9.15. The van der Waals surface area contributed by atoms with E-state index in [1.807, 2.05) is 0 Å². The fourth-order valence-electron chi connectivity index (χ4n) is 7.01. The molecule has 0 atom stereocenters. The quantitative estimate of drug-likeness (QED) is 0.188. The van der Waals surface area contributed by atoms with E-state index in [-0.39, 0.29) is 0 Å². The van der Waals surface area contributed by atoms with Gasteiger partial charge in [-0.25, -0.2) is 0 Å². The Balaban J connectivity index is 1.44. The zero-order valence-electron chi connectivity index (χ0n) is 25.3. The van der Waals surface area contributed by atoms with E-state index in [1.54, 1.807) is 0 Å². The second-order valence-electron chi connectivity index (χ2n) is 12.0. The second-order valence-corrected chi connectivity index (χ2v) is 12.0. The number of hydrogen-bond donors (Lipinski definition) is 0. The van der Waals surface area contributed by atoms with Gasteiger partial charge in [0, 0.05) is 23.5 Å². The summed E-state index contributed by atoms with van der Waals surface area (Å²) in [5.41, 5.74) is 13.8. The van der Waals surface area contributed by atoms with Crippen LogP contribution in [-0.4, -0.2) is 4.57 Å². The number of nitrogens with zero attached hydrogens (tertiary/aromatic N) is 1. The molecule has 0 saturated heterocycles. The van der Waals surface area contributed by atoms with Crippen LogP contribution in [0, 0.1) is 13.8 Å². The number of hydrogen-bond acceptors (Lipinski definition) is 0. The van der Waals surface area contributed by atoms with E-state index < -0.39 is 0 Å². The molecule has 0 aliphatic heterocycles. The van der Waals surface area contributed by atoms with Crippen LogP contribution < -0.4 is 0 Å². The molecule has 8 rings (SSSR count). The Morgan fingerprint density at radius 2 is 0.795 bits per heavy atom. The molecular formula is C43H33N. The topological polar surface area (TPSA) is 4.93 Å². The van der Waals surface area contributed by atoms with Gasteiger partial charge in [-0.1, -0.05) is 151 Å². The summed E-state index contributed by atoms with van der Waals surface area (Å²) in [5, 5.41) is 6.38. The highest BCUT2D eigenvalue weighted by Gasteiger charge is 2.21. The van der Waals surface area contributed by atoms with Crippen molar-refractivity contribution in [3.63, 3.8) is 0 Å². The van der Waals surface area contributed by atoms with Gasteiger partial charge in [0.1, 0.15) is 0 Å². The molecule has 210 valence electrons. The molecule has 0 spiro atoms. The first-order chi connectivity index (χ1) is 21.6. The van der Waals surface area contributed by atoms with E-state index in [9.17, 15) is 0 Å². The maximum atomic E-state index is 2.40. The number of fused-ring (bicyclic) bond motifs is 3. The SMILES string of the molecule is Cc1ccc(-c2c3ccccc3c(-c3ccc4c(-c5ccc(C)cc5)c(-c5ccccc5)n(C)c4c3)c3ccccc23)cc1. The maximum Gasteiger partial charge on any atom is 0.0568 e. The molecular weight excluding hydrogens is 530 g/mol. The second kappa shape index (κ2) is 10.4. The molecule has 7 aromatic carbocycles. The molecule has 0 aliphatic rings. The average Bonchev–Trinajstić information content (AvgIpc) is 3.36. The van der Waals surface area contributed by atoms with Crippen molar-refractivity contribution in [3.05, 3.63) is 157 Å². The van der Waals surface area contributed by atoms with Crippen LogP contribution in [0.15, 0.2) is 146 Å². The predicted octanol–water partition coefficient (Wildman–Crippen LogP) is 11.8. The summed E-state index contributed by atoms with van der Waals surface area (Å²) >= 11 is 0. The summed E-state index contributed by atoms with van der Waals surface area (Å²) in [5.74, 6) is 0. The lowest BCUT2D eigenvalue weighted by Gasteiger charge is -2.18. The third kappa shape index (κ3) is 4.16. The first-order valence-electron chi connectivity index (χ1n) is 15.3. The summed E-state index contributed by atoms with van der Waals surface area (Å²) in [6, 6.07) is 53.6. The summed E-state index contributed by atoms with van der Waals surface area (Å²) in [6.07, 6.45) is 0. The van der Waals surface area contributed by atoms with Crippen molar-refractivity contribution in [2.45, 2.75) is 13.8 Å². The molecule has 1 aromatic heterocycles. The Labute approximate surface area is 258 Å². The van der Waals surface area contributed by atoms with Crippen LogP contribution in [0.25, 0.3) is 77.1 Å². The summed E-state index contributed by atoms with van der Waals surface area (Å²) in [4.78, 5) is 0. The number of aromatic nitrogens is 1. The van der Waals surface area contributed by atoms with Crippen molar-refractivity contribution in [3.8, 4) is 44.6 Å². The fraction of sp³-hybridized carbons (Fsp3) is 0.0698. The van der Waals surface area contributed by atoms with Gasteiger partial charge in [-0.2, -0.15) is 0 Å². The smallest absolute Gasteiger partial charge is 0.0568 e. The number of benzene rings is 7. The van der Waals surface area contributed by atoms with E-state index >= 15 is 0 Å². The molecule has 0 radical (unpaired) electrons. The lowest BCUT2D eigenvalue weighted by atomic mass is 9.85. The van der Waals surface area contributed by atoms with Gasteiger partial charge in [-0.15, -0.1) is 0 Å². The van der Waals surface area contributed by atoms with Crippen molar-refractivity contribution < 1.29 is 0 Å². The number of rotatable bonds is 4. The van der Waals surface area contributed by atoms with Crippen molar-refractivity contribution in [1.29, 1.82) is 0 Å². The Morgan fingerprint density at radius 3 is 1.32 bits per heavy atom. The Morgan fingerprint density at radius 1 is 0.364 bits per heavy atom. The molecule has 0 bridgehead atoms. The maximum absolute atomic E-state index is 2.40. The highest BCUT2D eigenvalue weighted by molar-refractivity contribution is 6.22. The van der Waals surface area contributed by atoms with Crippen LogP contribution in [0.3, 0.4) is 0 Å². The molecule has 44 heavy (non-hydrogen) atoms. The highest BCUT2D eigenvalue weighted by atomic mass is 15.0. The molecule has 0 amide bonds. The molecule has 0 aliphatic carbocycles. The first kappa shape index (κ1) is 26.2. The van der Waals surface area contributed by atoms with E-state index in [0.717, 1.165) is 0 Å². The van der Waals surface area contributed by atoms with Crippen molar-refractivity contribution in [1.82, 2.24) is 4.57 Å². The number of aryl methyl sites for hydroxylation is 3. The minimum atomic E-state index is 1.22. The molecule has 1 nitrogen and oxygen atoms in total. The van der Waals surface area contributed by atoms with Gasteiger partial charge < -0.3 is 4.57 Å². The Kier molecular flexibility index (Phi) is 6.20. The largest absolute Gasteiger partial charge is 0.343 e. The Bertz CT molecular complexity index is 2260. The summed E-state index contributed by atoms with van der Waals surface area (Å²) in [7, 11) is 2.21. The van der Waals surface area contributed by atoms with Gasteiger partial charge in [0.15, 0.2) is 0 Å². The van der Waals surface area contributed by atoms with E-state index in [0.29, 0.717) is 0 Å². The van der Waals surface area contributed by atoms with Crippen LogP contribution in [-0.2, 0) is 7.05 Å². The Hall–Kier alpha value is -5.40. The van der Waals surface area contributed by atoms with Crippen LogP contribution in [0.1, 0.15) is 11.1 Å². The summed E-state index contributed by atoms with van der Waals surface area (Å²) in [6.45, 7) is 4.30. The normalized spacial score (nSPS) is 11.5. The fourth-order valence-corrected chi connectivity index (χ4v) is 7.01. The van der Waals surface area contributed by atoms with Crippen molar-refractivity contribution >= 4 is 32.4 Å². The van der Waals surface area contributed by atoms with Crippen LogP contribution in [0.5, 0.6) is 0 Å². The van der Waals surface area contributed by atoms with E-state index in [1.165, 1.54) is 88.2 Å². The first-order valence-corrected chi connectivity index (χ1v) is 15.3. The van der Waals surface area contributed by atoms with Gasteiger partial charge in [-0.3, -0.25) is 0 Å². The predicted molar refractivity (Wildman–Crippen MR) is 189 cm³/mol. The van der Waals surface area contributed by atoms with Gasteiger partial charge in [-0.05, 0) is 74.8 Å². The molecule has 8 aromatic rings. The minimum absolute atomic E-state index is 1.22. The molecule has 0 N–H and O–H groups in total. The van der Waals surface area contributed by atoms with Crippen molar-refractivity contribution in [2.24, 2.45) is 7.05 Å². The monoisotopic (exact) mass is 563 g/mol. The van der Waals surface area contributed by atoms with Gasteiger partial charge in [0.05, 0.1) is 5.69 Å². The standard InChI is InChI=1S/C43H33N/c1-28-17-21-30(22-18-28)40-34-13-7-9-15-36(34)41(37-16-10-8-14-35(37)40)33-25-26-38-39(27-33)44(3)43(32-11-5-4-6-12-32)42(38)31-23-19-29(2)20-24-31/h4-27H,1-3H3. The zero-order valence-corrected chi connectivity index (χ0v) is 25.3. The molecule has 0 unspecified atom stereocenters. The van der Waals surface area contributed by atoms with Crippen LogP contribution in [0.2, 0.25) is 0 Å². The molecule has 1 heteroatoms. The van der Waals surface area contributed by atoms with Gasteiger partial charge in [0.2, 0.25) is 0 Å². The molecule has 0 fully saturated rings. The van der Waals surface area contributed by atoms with Crippen molar-refractivity contribution in [2.75, 3.05) is 0 Å². The van der Waals surface area contributed by atoms with E-state index in [2.05, 4.69) is 171 Å². The molecule has 0 saturated carbocycles. The lowest BCUT2D eigenvalue weighted by molar-refractivity contribution is 0.979. The van der Waals surface area contributed by atoms with Gasteiger partial charge >= 0.3 is 0 Å². The van der Waals surface area contributed by atoms with Gasteiger partial charge in [0.25, 0.3) is 0 Å². The highest BCUT2D eigenvalue weighted by Crippen LogP contribution is 2.46. The van der Waals surface area contributed by atoms with Crippen LogP contribution >= 0.6 is 0 Å². The lowest BCUT2D eigenvalue weighted by Crippen LogP contribution is -1.93. The minimum Gasteiger partial charge on any atom is -0.343 e. The summed E-state index contributed by atoms with van der Waals surface area (Å²) < 4.78 is 2.38.